The topological polar surface area (TPSA) is 59.0 Å². The Morgan fingerprint density at radius 3 is 2.68 bits per heavy atom. The number of fused-ring (bicyclic) bond motifs is 1. The summed E-state index contributed by atoms with van der Waals surface area (Å²) in [7, 11) is 0. The van der Waals surface area contributed by atoms with Gasteiger partial charge in [-0.15, -0.1) is 4.33 Å². The van der Waals surface area contributed by atoms with E-state index in [2.05, 4.69) is 9.37 Å². The molecule has 2 rings (SSSR count). The zero-order chi connectivity index (χ0) is 13.9. The lowest BCUT2D eigenvalue weighted by atomic mass is 9.78. The second-order valence-corrected chi connectivity index (χ2v) is 7.31. The van der Waals surface area contributed by atoms with Gasteiger partial charge in [0.25, 0.3) is 0 Å². The number of hydrogen-bond donors (Lipinski definition) is 1. The highest BCUT2D eigenvalue weighted by atomic mass is 32.2. The predicted molar refractivity (Wildman–Crippen MR) is 73.2 cm³/mol. The van der Waals surface area contributed by atoms with Gasteiger partial charge in [-0.3, -0.25) is 4.79 Å². The first-order chi connectivity index (χ1) is 9.06. The van der Waals surface area contributed by atoms with E-state index < -0.39 is 4.75 Å². The molecule has 0 bridgehead atoms. The molecule has 19 heavy (non-hydrogen) atoms. The van der Waals surface area contributed by atoms with Crippen molar-refractivity contribution in [3.63, 3.8) is 0 Å². The van der Waals surface area contributed by atoms with Crippen LogP contribution in [-0.4, -0.2) is 33.4 Å². The summed E-state index contributed by atoms with van der Waals surface area (Å²) in [6.45, 7) is 4.43. The normalized spacial score (nSPS) is 28.1. The fourth-order valence-electron chi connectivity index (χ4n) is 3.36. The fourth-order valence-corrected chi connectivity index (χ4v) is 3.75. The van der Waals surface area contributed by atoms with Crippen LogP contribution in [-0.2, 0) is 14.2 Å². The van der Waals surface area contributed by atoms with Crippen LogP contribution in [0, 0.1) is 5.92 Å². The first-order valence-corrected chi connectivity index (χ1v) is 7.77. The van der Waals surface area contributed by atoms with Gasteiger partial charge in [0, 0.05) is 12.6 Å². The van der Waals surface area contributed by atoms with Crippen LogP contribution in [0.2, 0.25) is 0 Å². The van der Waals surface area contributed by atoms with Crippen LogP contribution < -0.4 is 0 Å². The van der Waals surface area contributed by atoms with E-state index in [4.69, 9.17) is 5.26 Å². The molecule has 1 saturated heterocycles. The summed E-state index contributed by atoms with van der Waals surface area (Å²) in [5.41, 5.74) is 0. The van der Waals surface area contributed by atoms with Crippen LogP contribution >= 0.6 is 12.0 Å². The smallest absolute Gasteiger partial charge is 0.240 e. The molecular weight excluding hydrogens is 266 g/mol. The molecule has 0 aromatic heterocycles. The number of nitrogens with zero attached hydrogens (tertiary/aromatic N) is 1. The molecule has 1 amide bonds. The Balaban J connectivity index is 2.04. The van der Waals surface area contributed by atoms with Crippen LogP contribution in [0.3, 0.4) is 0 Å². The second kappa shape index (κ2) is 6.43. The number of carbonyl (C=O) groups excluding carboxylic acids is 1. The Bertz CT molecular complexity index is 322. The summed E-state index contributed by atoms with van der Waals surface area (Å²) >= 11 is 0.856. The third kappa shape index (κ3) is 3.42. The van der Waals surface area contributed by atoms with Crippen molar-refractivity contribution in [2.24, 2.45) is 5.92 Å². The maximum atomic E-state index is 12.7. The van der Waals surface area contributed by atoms with Crippen molar-refractivity contribution in [3.8, 4) is 0 Å². The minimum atomic E-state index is -0.748. The quantitative estimate of drug-likeness (QED) is 0.490. The highest BCUT2D eigenvalue weighted by Gasteiger charge is 2.42. The molecule has 0 spiro atoms. The molecule has 1 saturated carbocycles. The van der Waals surface area contributed by atoms with Gasteiger partial charge in [0.05, 0.1) is 12.0 Å². The highest BCUT2D eigenvalue weighted by molar-refractivity contribution is 7.96. The minimum Gasteiger partial charge on any atom is -0.338 e. The molecule has 0 aromatic rings. The summed E-state index contributed by atoms with van der Waals surface area (Å²) in [6, 6.07) is 0.393. The van der Waals surface area contributed by atoms with E-state index in [0.717, 1.165) is 31.4 Å². The molecule has 1 heterocycles. The number of rotatable bonds is 4. The summed E-state index contributed by atoms with van der Waals surface area (Å²) < 4.78 is 3.72. The molecular formula is C13H23NO4S. The van der Waals surface area contributed by atoms with Crippen LogP contribution in [0.15, 0.2) is 0 Å². The van der Waals surface area contributed by atoms with Gasteiger partial charge in [0.15, 0.2) is 0 Å². The van der Waals surface area contributed by atoms with E-state index in [1.807, 2.05) is 4.90 Å². The second-order valence-electron chi connectivity index (χ2n) is 5.99. The Morgan fingerprint density at radius 2 is 1.95 bits per heavy atom. The Hall–Kier alpha value is -0.300. The molecule has 2 atom stereocenters. The third-order valence-corrected chi connectivity index (χ3v) is 5.01. The predicted octanol–water partition coefficient (Wildman–Crippen LogP) is 3.02. The maximum Gasteiger partial charge on any atom is 0.240 e. The molecule has 1 aliphatic heterocycles. The van der Waals surface area contributed by atoms with E-state index in [0.29, 0.717) is 12.0 Å². The Kier molecular flexibility index (Phi) is 5.11. The van der Waals surface area contributed by atoms with E-state index in [1.165, 1.54) is 25.7 Å². The molecule has 2 unspecified atom stereocenters. The molecule has 2 aliphatic rings. The summed E-state index contributed by atoms with van der Waals surface area (Å²) in [6.07, 6.45) is 7.22. The van der Waals surface area contributed by atoms with Crippen LogP contribution in [0.25, 0.3) is 0 Å². The molecule has 0 radical (unpaired) electrons. The van der Waals surface area contributed by atoms with Crippen molar-refractivity contribution >= 4 is 17.9 Å². The maximum absolute atomic E-state index is 12.7. The van der Waals surface area contributed by atoms with Crippen molar-refractivity contribution < 1.29 is 19.4 Å². The van der Waals surface area contributed by atoms with Crippen molar-refractivity contribution in [1.29, 1.82) is 0 Å². The van der Waals surface area contributed by atoms with Gasteiger partial charge in [-0.05, 0) is 45.4 Å². The van der Waals surface area contributed by atoms with Crippen molar-refractivity contribution in [1.82, 2.24) is 4.90 Å². The number of likely N-dealkylation sites (tertiary alicyclic amines) is 1. The zero-order valence-corrected chi connectivity index (χ0v) is 12.4. The Labute approximate surface area is 118 Å². The Morgan fingerprint density at radius 1 is 1.26 bits per heavy atom. The van der Waals surface area contributed by atoms with Crippen LogP contribution in [0.1, 0.15) is 52.4 Å². The number of amides is 1. The lowest BCUT2D eigenvalue weighted by molar-refractivity contribution is -0.432. The molecule has 1 aliphatic carbocycles. The molecule has 0 aromatic carbocycles. The molecule has 6 heteroatoms. The van der Waals surface area contributed by atoms with Crippen molar-refractivity contribution in [3.05, 3.63) is 0 Å². The SMILES string of the molecule is CC(C)(SOOO)C(=O)N1CCCC2CCCCC21. The molecule has 1 N–H and O–H groups in total. The average Bonchev–Trinajstić information content (AvgIpc) is 2.43. The van der Waals surface area contributed by atoms with E-state index in [9.17, 15) is 4.79 Å². The van der Waals surface area contributed by atoms with Gasteiger partial charge in [0.1, 0.15) is 4.75 Å². The van der Waals surface area contributed by atoms with Crippen molar-refractivity contribution in [2.45, 2.75) is 63.2 Å². The first kappa shape index (κ1) is 15.1. The van der Waals surface area contributed by atoms with E-state index in [-0.39, 0.29) is 5.91 Å². The summed E-state index contributed by atoms with van der Waals surface area (Å²) in [5.74, 6) is 0.744. The number of piperidine rings is 1. The summed E-state index contributed by atoms with van der Waals surface area (Å²) in [5, 5.41) is 11.9. The standard InChI is InChI=1S/C13H23NO4S/c1-13(2,19-18-17-16)12(15)14-9-5-7-10-6-3-4-8-11(10)14/h10-11,16H,3-9H2,1-2H3. The van der Waals surface area contributed by atoms with Gasteiger partial charge < -0.3 is 4.90 Å². The van der Waals surface area contributed by atoms with Gasteiger partial charge in [-0.25, -0.2) is 5.26 Å². The highest BCUT2D eigenvalue weighted by Crippen LogP contribution is 2.38. The van der Waals surface area contributed by atoms with Gasteiger partial charge in [0.2, 0.25) is 5.91 Å². The summed E-state index contributed by atoms with van der Waals surface area (Å²) in [4.78, 5) is 14.7. The first-order valence-electron chi connectivity index (χ1n) is 7.03. The van der Waals surface area contributed by atoms with E-state index in [1.54, 1.807) is 13.8 Å². The van der Waals surface area contributed by atoms with Gasteiger partial charge >= 0.3 is 0 Å². The average molecular weight is 289 g/mol. The third-order valence-electron chi connectivity index (χ3n) is 4.29. The largest absolute Gasteiger partial charge is 0.338 e. The van der Waals surface area contributed by atoms with Gasteiger partial charge in [-0.2, -0.15) is 0 Å². The van der Waals surface area contributed by atoms with E-state index >= 15 is 0 Å². The number of carbonyl (C=O) groups is 1. The number of hydrogen-bond acceptors (Lipinski definition) is 5. The lowest BCUT2D eigenvalue weighted by Crippen LogP contribution is -2.54. The zero-order valence-electron chi connectivity index (χ0n) is 11.6. The van der Waals surface area contributed by atoms with Crippen molar-refractivity contribution in [2.75, 3.05) is 6.54 Å². The minimum absolute atomic E-state index is 0.0751. The monoisotopic (exact) mass is 289 g/mol. The molecule has 110 valence electrons. The van der Waals surface area contributed by atoms with Crippen LogP contribution in [0.4, 0.5) is 0 Å². The van der Waals surface area contributed by atoms with Gasteiger partial charge in [-0.1, -0.05) is 17.9 Å². The van der Waals surface area contributed by atoms with Crippen LogP contribution in [0.5, 0.6) is 0 Å². The lowest BCUT2D eigenvalue weighted by Gasteiger charge is -2.46. The molecule has 5 nitrogen and oxygen atoms in total. The molecule has 2 fully saturated rings. The fraction of sp³-hybridized carbons (Fsp3) is 0.923.